The van der Waals surface area contributed by atoms with Crippen molar-refractivity contribution in [2.75, 3.05) is 13.2 Å². The number of carbonyl (C=O) groups excluding carboxylic acids is 12. The van der Waals surface area contributed by atoms with Crippen molar-refractivity contribution in [3.05, 3.63) is 65.7 Å². The standard InChI is InChI=1S/C46H64N12O16/c1-5-22(2)38(46(74)56-32(19-37(65)66)41(69)51-23(3)39(67)53-30(17-34(47)62)44(72)57-33(21-59)40(68)50-20-36(49)64)58-45(73)31(18-35(48)63)55-43(71)29(15-25-9-7-6-8-10-25)54-42(70)28(52-24(4)60)16-26-11-13-27(61)14-12-26/h6-14,22-23,28-33,38,59,61H,5,15-21H2,1-4H3,(H2,47,62)(H2,48,63)(H2,49,64)(H,50,68)(H,51,69)(H,52,60)(H,53,67)(H,54,70)(H,55,71)(H,56,74)(H,57,72)(H,58,73)(H,65,66)/t22-,23-,28-,29-,30-,31-,32-,33-,38-/m0/s1. The summed E-state index contributed by atoms with van der Waals surface area (Å²) >= 11 is 0. The van der Waals surface area contributed by atoms with Crippen LogP contribution in [0.4, 0.5) is 0 Å². The number of phenolic OH excluding ortho intramolecular Hbond substituents is 1. The van der Waals surface area contributed by atoms with Crippen LogP contribution >= 0.6 is 0 Å². The van der Waals surface area contributed by atoms with Gasteiger partial charge in [0.15, 0.2) is 0 Å². The van der Waals surface area contributed by atoms with Crippen molar-refractivity contribution < 1.29 is 77.6 Å². The van der Waals surface area contributed by atoms with Crippen LogP contribution in [0.1, 0.15) is 64.5 Å². The summed E-state index contributed by atoms with van der Waals surface area (Å²) in [4.78, 5) is 167. The van der Waals surface area contributed by atoms with Crippen LogP contribution in [0.25, 0.3) is 0 Å². The van der Waals surface area contributed by atoms with E-state index in [1.165, 1.54) is 38.1 Å². The van der Waals surface area contributed by atoms with Crippen LogP contribution in [0.5, 0.6) is 5.75 Å². The Morgan fingerprint density at radius 2 is 0.932 bits per heavy atom. The number of nitrogens with two attached hydrogens (primary N) is 3. The van der Waals surface area contributed by atoms with E-state index in [-0.39, 0.29) is 25.0 Å². The van der Waals surface area contributed by atoms with Gasteiger partial charge in [0.05, 0.1) is 32.4 Å². The first-order chi connectivity index (χ1) is 34.7. The van der Waals surface area contributed by atoms with E-state index >= 15 is 0 Å². The summed E-state index contributed by atoms with van der Waals surface area (Å²) in [5.74, 6) is -15.0. The number of carbonyl (C=O) groups is 13. The molecule has 28 nitrogen and oxygen atoms in total. The summed E-state index contributed by atoms with van der Waals surface area (Å²) in [7, 11) is 0. The molecule has 2 aromatic rings. The zero-order chi connectivity index (χ0) is 55.8. The fourth-order valence-corrected chi connectivity index (χ4v) is 6.79. The highest BCUT2D eigenvalue weighted by Crippen LogP contribution is 2.14. The second-order valence-electron chi connectivity index (χ2n) is 17.0. The second kappa shape index (κ2) is 30.3. The van der Waals surface area contributed by atoms with Crippen molar-refractivity contribution in [3.63, 3.8) is 0 Å². The lowest BCUT2D eigenvalue weighted by Crippen LogP contribution is -2.61. The van der Waals surface area contributed by atoms with E-state index in [0.717, 1.165) is 6.92 Å². The van der Waals surface area contributed by atoms with Gasteiger partial charge in [0.1, 0.15) is 54.1 Å². The molecule has 12 amide bonds. The van der Waals surface area contributed by atoms with Gasteiger partial charge in [0.25, 0.3) is 0 Å². The maximum absolute atomic E-state index is 14.1. The number of aromatic hydroxyl groups is 1. The Morgan fingerprint density at radius 3 is 1.42 bits per heavy atom. The largest absolute Gasteiger partial charge is 0.508 e. The monoisotopic (exact) mass is 1040 g/mol. The van der Waals surface area contributed by atoms with Crippen LogP contribution in [0.3, 0.4) is 0 Å². The van der Waals surface area contributed by atoms with Crippen molar-refractivity contribution in [2.45, 2.75) is 115 Å². The molecular formula is C46H64N12O16. The van der Waals surface area contributed by atoms with Gasteiger partial charge in [-0.25, -0.2) is 0 Å². The predicted molar refractivity (Wildman–Crippen MR) is 257 cm³/mol. The Kier molecular flexibility index (Phi) is 25.1. The van der Waals surface area contributed by atoms with Crippen molar-refractivity contribution in [1.82, 2.24) is 47.9 Å². The molecule has 2 aromatic carbocycles. The lowest BCUT2D eigenvalue weighted by atomic mass is 9.96. The molecule has 28 heteroatoms. The van der Waals surface area contributed by atoms with Gasteiger partial charge in [0.2, 0.25) is 70.9 Å². The van der Waals surface area contributed by atoms with Gasteiger partial charge >= 0.3 is 5.97 Å². The van der Waals surface area contributed by atoms with Crippen molar-refractivity contribution in [1.29, 1.82) is 0 Å². The van der Waals surface area contributed by atoms with Gasteiger partial charge in [-0.1, -0.05) is 62.7 Å². The van der Waals surface area contributed by atoms with Crippen molar-refractivity contribution in [2.24, 2.45) is 23.1 Å². The summed E-state index contributed by atoms with van der Waals surface area (Å²) in [5, 5.41) is 49.6. The number of carboxylic acid groups (broad SMARTS) is 1. The van der Waals surface area contributed by atoms with Crippen molar-refractivity contribution in [3.8, 4) is 5.75 Å². The van der Waals surface area contributed by atoms with E-state index in [1.54, 1.807) is 37.3 Å². The van der Waals surface area contributed by atoms with E-state index in [9.17, 15) is 77.6 Å². The Bertz CT molecular complexity index is 2370. The van der Waals surface area contributed by atoms with Crippen LogP contribution in [0.2, 0.25) is 0 Å². The number of hydrogen-bond acceptors (Lipinski definition) is 15. The first-order valence-corrected chi connectivity index (χ1v) is 22.9. The number of nitrogens with one attached hydrogen (secondary N) is 9. The third-order valence-corrected chi connectivity index (χ3v) is 10.9. The third-order valence-electron chi connectivity index (χ3n) is 10.9. The molecule has 0 bridgehead atoms. The van der Waals surface area contributed by atoms with Crippen LogP contribution in [0, 0.1) is 5.92 Å². The van der Waals surface area contributed by atoms with E-state index in [4.69, 9.17) is 17.2 Å². The minimum Gasteiger partial charge on any atom is -0.508 e. The highest BCUT2D eigenvalue weighted by molar-refractivity contribution is 6.00. The fourth-order valence-electron chi connectivity index (χ4n) is 6.79. The molecule has 404 valence electrons. The van der Waals surface area contributed by atoms with Crippen LogP contribution < -0.4 is 65.1 Å². The summed E-state index contributed by atoms with van der Waals surface area (Å²) in [5.41, 5.74) is 16.8. The quantitative estimate of drug-likeness (QED) is 0.0334. The van der Waals surface area contributed by atoms with E-state index in [1.807, 2.05) is 5.32 Å². The molecule has 0 heterocycles. The fraction of sp³-hybridized carbons (Fsp3) is 0.457. The molecule has 9 atom stereocenters. The number of primary amides is 3. The number of carboxylic acids is 1. The average molecular weight is 1040 g/mol. The number of benzene rings is 2. The number of aliphatic carboxylic acids is 1. The molecule has 18 N–H and O–H groups in total. The van der Waals surface area contributed by atoms with Gasteiger partial charge < -0.3 is 80.4 Å². The van der Waals surface area contributed by atoms with Gasteiger partial charge in [0, 0.05) is 19.8 Å². The van der Waals surface area contributed by atoms with E-state index < -0.39 is 164 Å². The smallest absolute Gasteiger partial charge is 0.305 e. The molecular weight excluding hydrogens is 977 g/mol. The van der Waals surface area contributed by atoms with Gasteiger partial charge in [-0.3, -0.25) is 62.3 Å². The number of phenols is 1. The first-order valence-electron chi connectivity index (χ1n) is 22.9. The maximum atomic E-state index is 14.1. The average Bonchev–Trinajstić information content (AvgIpc) is 3.32. The van der Waals surface area contributed by atoms with Crippen LogP contribution in [-0.4, -0.2) is 154 Å². The summed E-state index contributed by atoms with van der Waals surface area (Å²) in [6.45, 7) is 3.69. The number of aliphatic hydroxyl groups excluding tert-OH is 1. The SMILES string of the molecule is CC[C@H](C)[C@H](NC(=O)[C@H](CC(N)=O)NC(=O)[C@H](Cc1ccccc1)NC(=O)[C@H](Cc1ccc(O)cc1)NC(C)=O)C(=O)N[C@@H](CC(=O)O)C(=O)N[C@@H](C)C(=O)N[C@@H](CC(N)=O)C(=O)N[C@@H](CO)C(=O)NCC(N)=O. The molecule has 0 aliphatic rings. The molecule has 0 aliphatic carbocycles. The molecule has 2 rings (SSSR count). The number of amides is 12. The molecule has 0 radical (unpaired) electrons. The second-order valence-corrected chi connectivity index (χ2v) is 17.0. The first kappa shape index (κ1) is 61.4. The Labute approximate surface area is 423 Å². The van der Waals surface area contributed by atoms with Gasteiger partial charge in [-0.15, -0.1) is 0 Å². The zero-order valence-corrected chi connectivity index (χ0v) is 40.9. The Hall–Kier alpha value is -8.69. The summed E-state index contributed by atoms with van der Waals surface area (Å²) in [6.07, 6.45) is -2.87. The molecule has 0 saturated carbocycles. The minimum absolute atomic E-state index is 0.0480. The topological polar surface area (TPSA) is 469 Å². The van der Waals surface area contributed by atoms with E-state index in [2.05, 4.69) is 42.5 Å². The van der Waals surface area contributed by atoms with E-state index in [0.29, 0.717) is 11.1 Å². The molecule has 0 unspecified atom stereocenters. The molecule has 0 spiro atoms. The lowest BCUT2D eigenvalue weighted by molar-refractivity contribution is -0.141. The lowest BCUT2D eigenvalue weighted by Gasteiger charge is -2.29. The van der Waals surface area contributed by atoms with Crippen LogP contribution in [-0.2, 0) is 75.2 Å². The Morgan fingerprint density at radius 1 is 0.500 bits per heavy atom. The minimum atomic E-state index is -1.95. The summed E-state index contributed by atoms with van der Waals surface area (Å²) in [6, 6.07) is 0.908. The molecule has 74 heavy (non-hydrogen) atoms. The number of aliphatic hydroxyl groups is 1. The van der Waals surface area contributed by atoms with Gasteiger partial charge in [-0.05, 0) is 36.1 Å². The number of hydrogen-bond donors (Lipinski definition) is 15. The van der Waals surface area contributed by atoms with Gasteiger partial charge in [-0.2, -0.15) is 0 Å². The summed E-state index contributed by atoms with van der Waals surface area (Å²) < 4.78 is 0. The number of rotatable bonds is 31. The normalized spacial score (nSPS) is 14.4. The molecule has 0 aliphatic heterocycles. The Balaban J connectivity index is 2.35. The highest BCUT2D eigenvalue weighted by Gasteiger charge is 2.37. The zero-order valence-electron chi connectivity index (χ0n) is 40.9. The third kappa shape index (κ3) is 21.7. The molecule has 0 fully saturated rings. The molecule has 0 saturated heterocycles. The molecule has 0 aromatic heterocycles. The maximum Gasteiger partial charge on any atom is 0.305 e. The van der Waals surface area contributed by atoms with Crippen molar-refractivity contribution >= 4 is 76.9 Å². The van der Waals surface area contributed by atoms with Crippen LogP contribution in [0.15, 0.2) is 54.6 Å². The predicted octanol–water partition coefficient (Wildman–Crippen LogP) is -6.04. The highest BCUT2D eigenvalue weighted by atomic mass is 16.4.